The molecule has 0 bridgehead atoms. The molecule has 51 atom stereocenters. The molecule has 8 aliphatic heterocycles. The molecule has 123 heavy (non-hydrogen) atoms. The molecule has 0 saturated carbocycles. The summed E-state index contributed by atoms with van der Waals surface area (Å²) in [6.45, 7) is -6.39. The molecule has 11 rings (SSSR count). The maximum absolute atomic E-state index is 11.4. The molecule has 38 N–H and O–H groups in total. The summed E-state index contributed by atoms with van der Waals surface area (Å²) in [7, 11) is 0. The fourth-order valence-corrected chi connectivity index (χ4v) is 15.8. The first kappa shape index (κ1) is 104. The summed E-state index contributed by atoms with van der Waals surface area (Å²) in [4.78, 5) is 11.4. The smallest absolute Gasteiger partial charge is 0.189 e. The van der Waals surface area contributed by atoms with Gasteiger partial charge in [0.15, 0.2) is 56.1 Å². The van der Waals surface area contributed by atoms with Gasteiger partial charge in [-0.3, -0.25) is 4.79 Å². The van der Waals surface area contributed by atoms with Crippen LogP contribution in [0.4, 0.5) is 0 Å². The van der Waals surface area contributed by atoms with Crippen molar-refractivity contribution in [3.63, 3.8) is 0 Å². The molecule has 0 radical (unpaired) electrons. The predicted molar refractivity (Wildman–Crippen MR) is 381 cm³/mol. The number of hydrogen-bond acceptors (Lipinski definition) is 53. The van der Waals surface area contributed by atoms with Gasteiger partial charge in [-0.1, -0.05) is 12.2 Å². The minimum Gasteiger partial charge on any atom is -0.394 e. The van der Waals surface area contributed by atoms with Gasteiger partial charge in [0.05, 0.1) is 90.4 Å². The summed E-state index contributed by atoms with van der Waals surface area (Å²) in [5.41, 5.74) is 5.69. The zero-order valence-electron chi connectivity index (χ0n) is 65.2. The van der Waals surface area contributed by atoms with Crippen LogP contribution in [-0.2, 0) is 75.8 Å². The van der Waals surface area contributed by atoms with Crippen molar-refractivity contribution in [1.29, 1.82) is 0 Å². The minimum absolute atomic E-state index is 0.0352. The number of carbonyl (C=O) groups is 1. The van der Waals surface area contributed by atoms with Gasteiger partial charge >= 0.3 is 0 Å². The first-order valence-electron chi connectivity index (χ1n) is 39.1. The fraction of sp³-hybridized carbons (Fsp3) is 0.900. The van der Waals surface area contributed by atoms with Crippen LogP contribution in [0.2, 0.25) is 0 Å². The molecule has 27 unspecified atom stereocenters. The maximum Gasteiger partial charge on any atom is 0.189 e. The summed E-state index contributed by atoms with van der Waals surface area (Å²) in [6.07, 6.45) is -79.0. The lowest BCUT2D eigenvalue weighted by Crippen LogP contribution is -2.67. The van der Waals surface area contributed by atoms with Gasteiger partial charge in [0, 0.05) is 11.8 Å². The molecular weight excluding hydrogens is 1690 g/mol. The average molecular weight is 1800 g/mol. The molecule has 8 fully saturated rings. The zero-order valence-corrected chi connectivity index (χ0v) is 65.2. The Kier molecular flexibility index (Phi) is 38.1. The van der Waals surface area contributed by atoms with Crippen molar-refractivity contribution in [3.8, 4) is 0 Å². The van der Waals surface area contributed by atoms with Gasteiger partial charge < -0.3 is 261 Å². The van der Waals surface area contributed by atoms with Crippen LogP contribution >= 0.6 is 0 Å². The third-order valence-electron chi connectivity index (χ3n) is 23.3. The van der Waals surface area contributed by atoms with E-state index in [0.717, 1.165) is 6.08 Å². The van der Waals surface area contributed by atoms with E-state index in [0.29, 0.717) is 0 Å². The molecule has 53 heteroatoms. The Bertz CT molecular complexity index is 3310. The average Bonchev–Trinajstić information content (AvgIpc) is 0.769. The standard InChI is InChI=1S/C44H74O33.C13H23NO9.C13H20O10/c1-10-13(3-11-2-12(4-45)35(25(57)19(11)51)73-40-30(62)23(55)21(53)14(5-46)68-40)20(52)29(61)39(67-10)74-36-16(7-48)70-41(32(64)26(36)58)75-37-17(8-49)71-42(33(65)27(37)59)76-38-18(9-50)72-44(34(66)28(38)60)77-43-31(63)24(56)22(54)15(6-47)69-43;14-5-1-4(2-15)12(10(20)7(5)17)23-13-11(21)9(19)8(18)6(3-16)22-13;14-2-4-1-5(16)7(17)10(20)12(4)23-13-11(21)9(19)8(18)6(3-15)22-13/h2,10-11,13-66H,3-9H2,1H3;1,5-13,15-21H,2-3,14H2;1,6-15,17-21H,2-3H2/t10?,11?,13-,14?,15?,16?,17?,18?,19?,20+,21-,22+,23+,24?,25?,26-,27-,28-,29?,30?,31-,32?,33?,34?,35?,36-,37-,38-,39-,40-,41-,42-,43+,44-;5?,6?,7?,8-,9+,10?,11?,12?,13-;6?,7?,8-,9+,10?,11?,12?,13-/m111/s1. The van der Waals surface area contributed by atoms with E-state index in [9.17, 15) is 178 Å². The summed E-state index contributed by atoms with van der Waals surface area (Å²) < 4.78 is 82.5. The molecule has 0 amide bonds. The van der Waals surface area contributed by atoms with Crippen LogP contribution in [0, 0.1) is 11.8 Å². The van der Waals surface area contributed by atoms with E-state index in [1.165, 1.54) is 19.1 Å². The summed E-state index contributed by atoms with van der Waals surface area (Å²) in [5.74, 6) is -2.92. The second-order valence-corrected chi connectivity index (χ2v) is 31.3. The summed E-state index contributed by atoms with van der Waals surface area (Å²) >= 11 is 0. The predicted octanol–water partition coefficient (Wildman–Crippen LogP) is -23.2. The number of carbonyl (C=O) groups excluding carboxylic acids is 1. The van der Waals surface area contributed by atoms with E-state index in [1.807, 2.05) is 0 Å². The van der Waals surface area contributed by atoms with Crippen LogP contribution in [0.1, 0.15) is 13.3 Å². The van der Waals surface area contributed by atoms with Gasteiger partial charge in [-0.25, -0.2) is 0 Å². The van der Waals surface area contributed by atoms with Gasteiger partial charge in [-0.15, -0.1) is 0 Å². The Hall–Kier alpha value is -3.19. The largest absolute Gasteiger partial charge is 0.394 e. The van der Waals surface area contributed by atoms with Crippen LogP contribution < -0.4 is 5.73 Å². The van der Waals surface area contributed by atoms with Crippen molar-refractivity contribution in [2.75, 3.05) is 66.1 Å². The molecule has 714 valence electrons. The lowest BCUT2D eigenvalue weighted by atomic mass is 9.75. The first-order chi connectivity index (χ1) is 58.1. The Labute approximate surface area is 696 Å². The van der Waals surface area contributed by atoms with E-state index >= 15 is 0 Å². The third kappa shape index (κ3) is 22.4. The van der Waals surface area contributed by atoms with E-state index in [2.05, 4.69) is 0 Å². The number of ether oxygens (including phenoxy) is 15. The summed E-state index contributed by atoms with van der Waals surface area (Å²) in [5, 5.41) is 368. The molecule has 8 saturated heterocycles. The van der Waals surface area contributed by atoms with Crippen molar-refractivity contribution in [1.82, 2.24) is 0 Å². The molecule has 0 aromatic heterocycles. The molecule has 0 aromatic carbocycles. The number of rotatable bonds is 26. The highest BCUT2D eigenvalue weighted by Crippen LogP contribution is 2.42. The second-order valence-electron chi connectivity index (χ2n) is 31.3. The fourth-order valence-electron chi connectivity index (χ4n) is 15.8. The Morgan fingerprint density at radius 1 is 0.276 bits per heavy atom. The normalized spacial score (nSPS) is 50.6. The van der Waals surface area contributed by atoms with Crippen molar-refractivity contribution in [3.05, 3.63) is 34.9 Å². The monoisotopic (exact) mass is 1800 g/mol. The Balaban J connectivity index is 0.000000299. The van der Waals surface area contributed by atoms with Crippen LogP contribution in [0.3, 0.4) is 0 Å². The van der Waals surface area contributed by atoms with Crippen molar-refractivity contribution in [2.24, 2.45) is 17.6 Å². The van der Waals surface area contributed by atoms with E-state index in [1.54, 1.807) is 0 Å². The number of ketones is 1. The van der Waals surface area contributed by atoms with E-state index in [4.69, 9.17) is 87.0 Å². The summed E-state index contributed by atoms with van der Waals surface area (Å²) in [6, 6.07) is -0.901. The first-order valence-corrected chi connectivity index (χ1v) is 39.1. The highest BCUT2D eigenvalue weighted by molar-refractivity contribution is 5.96. The highest BCUT2D eigenvalue weighted by atomic mass is 16.8. The van der Waals surface area contributed by atoms with Gasteiger partial charge in [-0.05, 0) is 36.1 Å². The topological polar surface area (TPSA) is 910 Å². The maximum atomic E-state index is 11.4. The molecule has 53 nitrogen and oxygen atoms in total. The van der Waals surface area contributed by atoms with Crippen molar-refractivity contribution in [2.45, 2.75) is 314 Å². The Morgan fingerprint density at radius 2 is 0.545 bits per heavy atom. The zero-order chi connectivity index (χ0) is 91.3. The quantitative estimate of drug-likeness (QED) is 0.0358. The van der Waals surface area contributed by atoms with Gasteiger partial charge in [0.1, 0.15) is 226 Å². The van der Waals surface area contributed by atoms with Crippen LogP contribution in [0.25, 0.3) is 0 Å². The lowest BCUT2D eigenvalue weighted by Gasteiger charge is -2.49. The molecule has 11 aliphatic rings. The lowest BCUT2D eigenvalue weighted by molar-refractivity contribution is -0.399. The van der Waals surface area contributed by atoms with Crippen molar-refractivity contribution >= 4 is 5.78 Å². The van der Waals surface area contributed by atoms with Crippen LogP contribution in [0.5, 0.6) is 0 Å². The van der Waals surface area contributed by atoms with Crippen LogP contribution in [0.15, 0.2) is 34.9 Å². The Morgan fingerprint density at radius 3 is 0.870 bits per heavy atom. The minimum atomic E-state index is -2.16. The van der Waals surface area contributed by atoms with E-state index in [-0.39, 0.29) is 23.1 Å². The molecule has 3 aliphatic carbocycles. The van der Waals surface area contributed by atoms with Crippen LogP contribution in [-0.4, -0.2) is 556 Å². The van der Waals surface area contributed by atoms with E-state index < -0.39 is 384 Å². The molecular formula is C70H117NO52. The SMILES string of the molecule is CC1O[C@H](O[C@@H]2C(CO)O[C@H](O[C@@H]3C(CO)O[C@H](O[C@@H]4C(CO)O[C@H](O[C@@H]5OC(CO)[C@H](O)C(O)[C@H]5O)C(O)[C@H]4O)C(O)[C@H]3O)C(O)[C@H]2O)C(O)[C@@H](O)[C@@H]1CC1C=C(CO)C(O[C@H]2OC(CO)[C@@H](O)[C@H](O)C2O)C(O)C1O.NC1C=C(CO)C(O[C@H]2OC(CO)[C@@H](O)[C@H](O)C2O)C(O)C1O.O=C1C=C(CO)C(O[C@H]2OC(CO)[C@@H](O)[C@H](O)C2O)C(O)C1O. The molecule has 0 spiro atoms. The molecule has 0 aromatic rings. The van der Waals surface area contributed by atoms with Gasteiger partial charge in [-0.2, -0.15) is 0 Å². The highest BCUT2D eigenvalue weighted by Gasteiger charge is 2.59. The number of nitrogens with two attached hydrogens (primary N) is 1. The molecule has 8 heterocycles. The number of hydrogen-bond donors (Lipinski definition) is 37. The van der Waals surface area contributed by atoms with Crippen molar-refractivity contribution < 1.29 is 260 Å². The third-order valence-corrected chi connectivity index (χ3v) is 23.3. The number of aliphatic hydroxyl groups is 36. The van der Waals surface area contributed by atoms with Gasteiger partial charge in [0.25, 0.3) is 0 Å². The number of aliphatic hydroxyl groups excluding tert-OH is 36. The van der Waals surface area contributed by atoms with Gasteiger partial charge in [0.2, 0.25) is 0 Å². The second kappa shape index (κ2) is 45.3.